The van der Waals surface area contributed by atoms with Crippen molar-refractivity contribution in [1.29, 1.82) is 0 Å². The Morgan fingerprint density at radius 2 is 1.25 bits per heavy atom. The van der Waals surface area contributed by atoms with Crippen LogP contribution < -0.4 is 5.32 Å². The van der Waals surface area contributed by atoms with Gasteiger partial charge in [-0.3, -0.25) is 4.79 Å². The standard InChI is InChI=1S/C41H77NO9.C2H6/c1-4-6-8-10-12-13-14-15-16-18-20-24-29-35(45)40(49)42-33(31-50-41-39(48)38(47)37(46)36(30-43)51-41)34(44)28-25-21-23-27-32(3)26-22-19-17-11-9-7-5-2;1-2/h25,27-28,33-39,41,43-48H,4-24,26,29-31H2,1-3H3,(H,42,49);1-2H3/b28-25+,32-27+;/t33-,34+,35+,36?,37?,38?,39?,41?;/m0./s1. The monoisotopic (exact) mass is 758 g/mol. The van der Waals surface area contributed by atoms with E-state index in [1.165, 1.54) is 102 Å². The molecule has 10 nitrogen and oxygen atoms in total. The first-order valence-corrected chi connectivity index (χ1v) is 21.6. The summed E-state index contributed by atoms with van der Waals surface area (Å²) in [5.41, 5.74) is 1.36. The first kappa shape index (κ1) is 51.6. The van der Waals surface area contributed by atoms with Gasteiger partial charge >= 0.3 is 0 Å². The second kappa shape index (κ2) is 35.1. The van der Waals surface area contributed by atoms with Crippen LogP contribution in [0.1, 0.15) is 182 Å². The van der Waals surface area contributed by atoms with Crippen LogP contribution >= 0.6 is 0 Å². The van der Waals surface area contributed by atoms with Gasteiger partial charge in [0.2, 0.25) is 5.91 Å². The van der Waals surface area contributed by atoms with Gasteiger partial charge in [0.1, 0.15) is 30.5 Å². The van der Waals surface area contributed by atoms with Crippen molar-refractivity contribution in [2.45, 2.75) is 231 Å². The highest BCUT2D eigenvalue weighted by atomic mass is 16.7. The number of amides is 1. The van der Waals surface area contributed by atoms with Crippen molar-refractivity contribution >= 4 is 5.91 Å². The Balaban J connectivity index is 0.0000133. The lowest BCUT2D eigenvalue weighted by atomic mass is 9.99. The second-order valence-electron chi connectivity index (χ2n) is 14.8. The third-order valence-electron chi connectivity index (χ3n) is 10.00. The molecule has 0 aromatic rings. The smallest absolute Gasteiger partial charge is 0.249 e. The zero-order valence-corrected chi connectivity index (χ0v) is 34.4. The summed E-state index contributed by atoms with van der Waals surface area (Å²) in [5.74, 6) is -0.628. The molecule has 10 heteroatoms. The topological polar surface area (TPSA) is 169 Å². The number of aliphatic hydroxyl groups is 6. The lowest BCUT2D eigenvalue weighted by molar-refractivity contribution is -0.302. The molecular weight excluding hydrogens is 674 g/mol. The fourth-order valence-electron chi connectivity index (χ4n) is 6.48. The molecule has 0 bridgehead atoms. The zero-order chi connectivity index (χ0) is 39.7. The molecule has 1 saturated heterocycles. The minimum Gasteiger partial charge on any atom is -0.394 e. The van der Waals surface area contributed by atoms with E-state index in [2.05, 4.69) is 32.2 Å². The molecule has 0 aromatic carbocycles. The van der Waals surface area contributed by atoms with Crippen molar-refractivity contribution in [3.05, 3.63) is 23.8 Å². The molecule has 0 aliphatic carbocycles. The Morgan fingerprint density at radius 1 is 0.736 bits per heavy atom. The maximum atomic E-state index is 13.0. The molecule has 0 saturated carbocycles. The Morgan fingerprint density at radius 3 is 1.77 bits per heavy atom. The SMILES string of the molecule is CC.CCCCCCCCCCCCCC[C@@H](O)C(=O)N[C@@H](COC1OC(CO)C(O)C(O)C1O)[C@H](O)/C=C/CC/C=C(\C)CCCCCCCCC. The molecule has 1 aliphatic heterocycles. The van der Waals surface area contributed by atoms with E-state index in [1.54, 1.807) is 6.08 Å². The van der Waals surface area contributed by atoms with Gasteiger partial charge in [0.15, 0.2) is 6.29 Å². The number of hydrogen-bond donors (Lipinski definition) is 7. The van der Waals surface area contributed by atoms with Crippen LogP contribution in [0.2, 0.25) is 0 Å². The van der Waals surface area contributed by atoms with Gasteiger partial charge in [-0.15, -0.1) is 0 Å². The fraction of sp³-hybridized carbons (Fsp3) is 0.884. The average Bonchev–Trinajstić information content (AvgIpc) is 3.16. The average molecular weight is 758 g/mol. The molecule has 1 fully saturated rings. The van der Waals surface area contributed by atoms with Gasteiger partial charge in [-0.05, 0) is 39.0 Å². The quantitative estimate of drug-likeness (QED) is 0.0271. The highest BCUT2D eigenvalue weighted by molar-refractivity contribution is 5.80. The zero-order valence-electron chi connectivity index (χ0n) is 34.4. The Labute approximate surface area is 323 Å². The maximum absolute atomic E-state index is 13.0. The van der Waals surface area contributed by atoms with Gasteiger partial charge in [0.05, 0.1) is 25.4 Å². The summed E-state index contributed by atoms with van der Waals surface area (Å²) in [6.45, 7) is 9.70. The van der Waals surface area contributed by atoms with E-state index in [9.17, 15) is 35.4 Å². The molecule has 1 rings (SSSR count). The van der Waals surface area contributed by atoms with Crippen LogP contribution in [0.25, 0.3) is 0 Å². The van der Waals surface area contributed by atoms with Crippen molar-refractivity contribution in [3.63, 3.8) is 0 Å². The van der Waals surface area contributed by atoms with Crippen LogP contribution in [0.4, 0.5) is 0 Å². The minimum absolute atomic E-state index is 0.306. The van der Waals surface area contributed by atoms with Gasteiger partial charge in [-0.25, -0.2) is 0 Å². The van der Waals surface area contributed by atoms with Crippen molar-refractivity contribution in [3.8, 4) is 0 Å². The number of nitrogens with one attached hydrogen (secondary N) is 1. The van der Waals surface area contributed by atoms with E-state index in [0.29, 0.717) is 19.3 Å². The van der Waals surface area contributed by atoms with E-state index in [-0.39, 0.29) is 6.61 Å². The van der Waals surface area contributed by atoms with Gasteiger partial charge in [0.25, 0.3) is 0 Å². The van der Waals surface area contributed by atoms with E-state index in [1.807, 2.05) is 19.9 Å². The van der Waals surface area contributed by atoms with Gasteiger partial charge in [-0.1, -0.05) is 167 Å². The fourth-order valence-corrected chi connectivity index (χ4v) is 6.48. The van der Waals surface area contributed by atoms with Crippen molar-refractivity contribution in [2.75, 3.05) is 13.2 Å². The van der Waals surface area contributed by atoms with Crippen LogP contribution in [-0.2, 0) is 14.3 Å². The van der Waals surface area contributed by atoms with Crippen LogP contribution in [0.15, 0.2) is 23.8 Å². The molecule has 1 aliphatic rings. The lowest BCUT2D eigenvalue weighted by Gasteiger charge is -2.40. The number of unbranched alkanes of at least 4 members (excludes halogenated alkanes) is 18. The first-order chi connectivity index (χ1) is 25.7. The molecule has 0 spiro atoms. The summed E-state index contributed by atoms with van der Waals surface area (Å²) in [5, 5.41) is 64.5. The lowest BCUT2D eigenvalue weighted by Crippen LogP contribution is -2.60. The third-order valence-corrected chi connectivity index (χ3v) is 10.00. The molecular formula is C43H83NO9. The van der Waals surface area contributed by atoms with Crippen LogP contribution in [0, 0.1) is 0 Å². The molecule has 0 aromatic heterocycles. The van der Waals surface area contributed by atoms with Crippen molar-refractivity contribution < 1.29 is 44.9 Å². The van der Waals surface area contributed by atoms with E-state index in [4.69, 9.17) is 9.47 Å². The predicted octanol–water partition coefficient (Wildman–Crippen LogP) is 7.55. The predicted molar refractivity (Wildman–Crippen MR) is 215 cm³/mol. The largest absolute Gasteiger partial charge is 0.394 e. The summed E-state index contributed by atoms with van der Waals surface area (Å²) in [6.07, 6.45) is 22.0. The third kappa shape index (κ3) is 25.4. The number of ether oxygens (including phenoxy) is 2. The minimum atomic E-state index is -1.61. The summed E-state index contributed by atoms with van der Waals surface area (Å²) in [4.78, 5) is 13.0. The summed E-state index contributed by atoms with van der Waals surface area (Å²) < 4.78 is 11.1. The Kier molecular flexibility index (Phi) is 34.2. The second-order valence-corrected chi connectivity index (χ2v) is 14.8. The number of rotatable bonds is 32. The van der Waals surface area contributed by atoms with Crippen LogP contribution in [0.3, 0.4) is 0 Å². The molecule has 8 atom stereocenters. The summed E-state index contributed by atoms with van der Waals surface area (Å²) in [7, 11) is 0. The number of hydrogen-bond acceptors (Lipinski definition) is 9. The highest BCUT2D eigenvalue weighted by Gasteiger charge is 2.44. The molecule has 1 amide bonds. The van der Waals surface area contributed by atoms with Crippen LogP contribution in [-0.4, -0.2) is 98.7 Å². The van der Waals surface area contributed by atoms with E-state index >= 15 is 0 Å². The highest BCUT2D eigenvalue weighted by Crippen LogP contribution is 2.22. The number of allylic oxidation sites excluding steroid dienone is 3. The Bertz CT molecular complexity index is 899. The number of carbonyl (C=O) groups excluding carboxylic acids is 1. The number of carbonyl (C=O) groups is 1. The van der Waals surface area contributed by atoms with Gasteiger partial charge in [0, 0.05) is 0 Å². The summed E-state index contributed by atoms with van der Waals surface area (Å²) >= 11 is 0. The van der Waals surface area contributed by atoms with Crippen molar-refractivity contribution in [2.24, 2.45) is 0 Å². The molecule has 314 valence electrons. The van der Waals surface area contributed by atoms with Crippen LogP contribution in [0.5, 0.6) is 0 Å². The molecule has 5 unspecified atom stereocenters. The molecule has 53 heavy (non-hydrogen) atoms. The first-order valence-electron chi connectivity index (χ1n) is 21.6. The molecule has 7 N–H and O–H groups in total. The normalized spacial score (nSPS) is 22.3. The molecule has 1 heterocycles. The van der Waals surface area contributed by atoms with E-state index < -0.39 is 61.5 Å². The Hall–Kier alpha value is -1.37. The molecule has 0 radical (unpaired) electrons. The number of aliphatic hydroxyl groups excluding tert-OH is 6. The van der Waals surface area contributed by atoms with Gasteiger partial charge < -0.3 is 45.4 Å². The van der Waals surface area contributed by atoms with Gasteiger partial charge in [-0.2, -0.15) is 0 Å². The maximum Gasteiger partial charge on any atom is 0.249 e. The van der Waals surface area contributed by atoms with E-state index in [0.717, 1.165) is 32.1 Å². The summed E-state index contributed by atoms with van der Waals surface area (Å²) in [6, 6.07) is -0.993. The van der Waals surface area contributed by atoms with Crippen molar-refractivity contribution in [1.82, 2.24) is 5.32 Å².